The predicted molar refractivity (Wildman–Crippen MR) is 76.3 cm³/mol. The fourth-order valence-corrected chi connectivity index (χ4v) is 3.34. The van der Waals surface area contributed by atoms with E-state index in [-0.39, 0.29) is 0 Å². The third-order valence-corrected chi connectivity index (χ3v) is 4.22. The summed E-state index contributed by atoms with van der Waals surface area (Å²) >= 11 is 0. The topological polar surface area (TPSA) is 37.4 Å². The number of anilines is 1. The highest BCUT2D eigenvalue weighted by atomic mass is 16.5. The Kier molecular flexibility index (Phi) is 3.99. The van der Waals surface area contributed by atoms with Crippen molar-refractivity contribution in [2.45, 2.75) is 44.4 Å². The molecule has 1 aliphatic heterocycles. The van der Waals surface area contributed by atoms with E-state index in [4.69, 9.17) is 4.74 Å². The fraction of sp³-hybridized carbons (Fsp3) is 0.667. The summed E-state index contributed by atoms with van der Waals surface area (Å²) in [4.78, 5) is 6.94. The monoisotopic (exact) mass is 261 g/mol. The number of morpholine rings is 1. The summed E-state index contributed by atoms with van der Waals surface area (Å²) in [5.41, 5.74) is 2.42. The Labute approximate surface area is 115 Å². The Morgan fingerprint density at radius 2 is 2.32 bits per heavy atom. The van der Waals surface area contributed by atoms with Crippen molar-refractivity contribution in [3.63, 3.8) is 0 Å². The van der Waals surface area contributed by atoms with E-state index in [1.807, 2.05) is 13.2 Å². The number of pyridine rings is 1. The van der Waals surface area contributed by atoms with Crippen molar-refractivity contribution in [1.82, 2.24) is 10.3 Å². The van der Waals surface area contributed by atoms with Crippen LogP contribution in [0.15, 0.2) is 18.3 Å². The van der Waals surface area contributed by atoms with Crippen LogP contribution in [0.2, 0.25) is 0 Å². The first-order valence-corrected chi connectivity index (χ1v) is 7.36. The maximum Gasteiger partial charge on any atom is 0.0779 e. The number of rotatable bonds is 3. The third kappa shape index (κ3) is 2.74. The lowest BCUT2D eigenvalue weighted by molar-refractivity contribution is -0.00868. The molecule has 0 radical (unpaired) electrons. The van der Waals surface area contributed by atoms with E-state index < -0.39 is 0 Å². The molecule has 2 heterocycles. The highest BCUT2D eigenvalue weighted by Gasteiger charge is 2.34. The maximum absolute atomic E-state index is 5.94. The van der Waals surface area contributed by atoms with Gasteiger partial charge in [-0.05, 0) is 32.0 Å². The van der Waals surface area contributed by atoms with Crippen molar-refractivity contribution in [2.75, 3.05) is 25.1 Å². The van der Waals surface area contributed by atoms with Gasteiger partial charge in [0.2, 0.25) is 0 Å². The number of hydrogen-bond donors (Lipinski definition) is 1. The standard InChI is InChI=1S/C15H23N3O/c1-16-11-12-10-13(6-7-17-12)18-8-9-19-15-5-3-2-4-14(15)18/h6-7,10,14-16H,2-5,8-9,11H2,1H3. The zero-order valence-corrected chi connectivity index (χ0v) is 11.6. The SMILES string of the molecule is CNCc1cc(N2CCOC3CCCCC32)ccn1. The smallest absolute Gasteiger partial charge is 0.0779 e. The van der Waals surface area contributed by atoms with Crippen LogP contribution in [0.4, 0.5) is 5.69 Å². The number of aromatic nitrogens is 1. The van der Waals surface area contributed by atoms with Gasteiger partial charge in [0.1, 0.15) is 0 Å². The minimum absolute atomic E-state index is 0.434. The number of nitrogens with zero attached hydrogens (tertiary/aromatic N) is 2. The third-order valence-electron chi connectivity index (χ3n) is 4.22. The first-order chi connectivity index (χ1) is 9.38. The van der Waals surface area contributed by atoms with E-state index in [9.17, 15) is 0 Å². The molecule has 3 rings (SSSR count). The Morgan fingerprint density at radius 3 is 3.21 bits per heavy atom. The Hall–Kier alpha value is -1.13. The molecule has 1 aromatic rings. The van der Waals surface area contributed by atoms with Crippen LogP contribution in [0.5, 0.6) is 0 Å². The average Bonchev–Trinajstić information content (AvgIpc) is 2.47. The molecule has 0 amide bonds. The summed E-state index contributed by atoms with van der Waals surface area (Å²) in [5, 5.41) is 3.16. The fourth-order valence-electron chi connectivity index (χ4n) is 3.34. The molecule has 19 heavy (non-hydrogen) atoms. The van der Waals surface area contributed by atoms with Crippen molar-refractivity contribution < 1.29 is 4.74 Å². The molecule has 2 unspecified atom stereocenters. The normalized spacial score (nSPS) is 27.1. The molecule has 104 valence electrons. The molecule has 1 N–H and O–H groups in total. The molecule has 0 bridgehead atoms. The van der Waals surface area contributed by atoms with Gasteiger partial charge in [0.15, 0.2) is 0 Å². The predicted octanol–water partition coefficient (Wildman–Crippen LogP) is 1.95. The van der Waals surface area contributed by atoms with Crippen molar-refractivity contribution in [3.8, 4) is 0 Å². The molecule has 0 aromatic carbocycles. The van der Waals surface area contributed by atoms with Gasteiger partial charge in [0.05, 0.1) is 24.4 Å². The largest absolute Gasteiger partial charge is 0.374 e. The molecule has 1 aromatic heterocycles. The average molecular weight is 261 g/mol. The second kappa shape index (κ2) is 5.88. The van der Waals surface area contributed by atoms with Crippen LogP contribution in [0.3, 0.4) is 0 Å². The zero-order chi connectivity index (χ0) is 13.1. The van der Waals surface area contributed by atoms with E-state index in [1.165, 1.54) is 31.4 Å². The Balaban J connectivity index is 1.81. The number of fused-ring (bicyclic) bond motifs is 1. The molecule has 0 spiro atoms. The minimum Gasteiger partial charge on any atom is -0.374 e. The van der Waals surface area contributed by atoms with Gasteiger partial charge in [-0.25, -0.2) is 0 Å². The number of ether oxygens (including phenoxy) is 1. The van der Waals surface area contributed by atoms with E-state index in [2.05, 4.69) is 27.3 Å². The van der Waals surface area contributed by atoms with E-state index >= 15 is 0 Å². The van der Waals surface area contributed by atoms with Crippen molar-refractivity contribution >= 4 is 5.69 Å². The van der Waals surface area contributed by atoms with Crippen LogP contribution in [0.1, 0.15) is 31.4 Å². The molecule has 2 aliphatic rings. The number of nitrogens with one attached hydrogen (secondary N) is 1. The van der Waals surface area contributed by atoms with Crippen LogP contribution in [0, 0.1) is 0 Å². The molecule has 1 saturated heterocycles. The summed E-state index contributed by atoms with van der Waals surface area (Å²) in [6.07, 6.45) is 7.48. The molecule has 4 nitrogen and oxygen atoms in total. The summed E-state index contributed by atoms with van der Waals surface area (Å²) in [6.45, 7) is 2.68. The second-order valence-corrected chi connectivity index (χ2v) is 5.49. The van der Waals surface area contributed by atoms with Crippen LogP contribution < -0.4 is 10.2 Å². The Morgan fingerprint density at radius 1 is 1.42 bits per heavy atom. The zero-order valence-electron chi connectivity index (χ0n) is 11.6. The molecule has 2 fully saturated rings. The maximum atomic E-state index is 5.94. The lowest BCUT2D eigenvalue weighted by Gasteiger charge is -2.45. The summed E-state index contributed by atoms with van der Waals surface area (Å²) in [6, 6.07) is 4.91. The second-order valence-electron chi connectivity index (χ2n) is 5.49. The minimum atomic E-state index is 0.434. The molecular formula is C15H23N3O. The first kappa shape index (κ1) is 12.9. The highest BCUT2D eigenvalue weighted by molar-refractivity contribution is 5.48. The van der Waals surface area contributed by atoms with Gasteiger partial charge in [-0.2, -0.15) is 0 Å². The molecular weight excluding hydrogens is 238 g/mol. The van der Waals surface area contributed by atoms with Crippen molar-refractivity contribution in [2.24, 2.45) is 0 Å². The number of hydrogen-bond acceptors (Lipinski definition) is 4. The van der Waals surface area contributed by atoms with Crippen LogP contribution in [-0.2, 0) is 11.3 Å². The van der Waals surface area contributed by atoms with Gasteiger partial charge in [0, 0.05) is 25.0 Å². The van der Waals surface area contributed by atoms with E-state index in [0.29, 0.717) is 12.1 Å². The lowest BCUT2D eigenvalue weighted by atomic mass is 9.90. The lowest BCUT2D eigenvalue weighted by Crippen LogP contribution is -2.52. The highest BCUT2D eigenvalue weighted by Crippen LogP contribution is 2.31. The quantitative estimate of drug-likeness (QED) is 0.902. The molecule has 2 atom stereocenters. The van der Waals surface area contributed by atoms with Gasteiger partial charge in [0.25, 0.3) is 0 Å². The van der Waals surface area contributed by atoms with Gasteiger partial charge >= 0.3 is 0 Å². The summed E-state index contributed by atoms with van der Waals surface area (Å²) in [7, 11) is 1.96. The summed E-state index contributed by atoms with van der Waals surface area (Å²) < 4.78 is 5.94. The van der Waals surface area contributed by atoms with E-state index in [0.717, 1.165) is 25.4 Å². The molecule has 1 aliphatic carbocycles. The van der Waals surface area contributed by atoms with Crippen LogP contribution in [-0.4, -0.2) is 37.3 Å². The van der Waals surface area contributed by atoms with Gasteiger partial charge in [-0.15, -0.1) is 0 Å². The van der Waals surface area contributed by atoms with Gasteiger partial charge in [-0.1, -0.05) is 12.8 Å². The van der Waals surface area contributed by atoms with Gasteiger partial charge < -0.3 is 15.0 Å². The van der Waals surface area contributed by atoms with Crippen molar-refractivity contribution in [1.29, 1.82) is 0 Å². The first-order valence-electron chi connectivity index (χ1n) is 7.36. The molecule has 1 saturated carbocycles. The van der Waals surface area contributed by atoms with Crippen molar-refractivity contribution in [3.05, 3.63) is 24.0 Å². The summed E-state index contributed by atoms with van der Waals surface area (Å²) in [5.74, 6) is 0. The Bertz CT molecular complexity index is 422. The molecule has 4 heteroatoms. The van der Waals surface area contributed by atoms with Crippen LogP contribution >= 0.6 is 0 Å². The van der Waals surface area contributed by atoms with Crippen LogP contribution in [0.25, 0.3) is 0 Å². The van der Waals surface area contributed by atoms with E-state index in [1.54, 1.807) is 0 Å². The van der Waals surface area contributed by atoms with Gasteiger partial charge in [-0.3, -0.25) is 4.98 Å².